The van der Waals surface area contributed by atoms with E-state index in [2.05, 4.69) is 9.97 Å². The molecular formula is C16H21N3O4. The van der Waals surface area contributed by atoms with Crippen molar-refractivity contribution >= 4 is 11.9 Å². The Morgan fingerprint density at radius 1 is 1.22 bits per heavy atom. The van der Waals surface area contributed by atoms with Crippen LogP contribution in [0.3, 0.4) is 0 Å². The average Bonchev–Trinajstić information content (AvgIpc) is 3.04. The van der Waals surface area contributed by atoms with Crippen molar-refractivity contribution < 1.29 is 19.4 Å². The summed E-state index contributed by atoms with van der Waals surface area (Å²) in [5.41, 5.74) is 1.20. The number of carbonyl (C=O) groups excluding carboxylic acids is 1. The summed E-state index contributed by atoms with van der Waals surface area (Å²) in [6, 6.07) is 1.70. The topological polar surface area (TPSA) is 92.6 Å². The lowest BCUT2D eigenvalue weighted by Crippen LogP contribution is -2.41. The van der Waals surface area contributed by atoms with Crippen LogP contribution in [0.1, 0.15) is 41.9 Å². The predicted octanol–water partition coefficient (Wildman–Crippen LogP) is 1.27. The molecule has 0 radical (unpaired) electrons. The monoisotopic (exact) mass is 319 g/mol. The molecule has 3 heterocycles. The fourth-order valence-electron chi connectivity index (χ4n) is 3.40. The number of rotatable bonds is 3. The Morgan fingerprint density at radius 3 is 2.57 bits per heavy atom. The van der Waals surface area contributed by atoms with Gasteiger partial charge in [-0.2, -0.15) is 0 Å². The summed E-state index contributed by atoms with van der Waals surface area (Å²) in [7, 11) is 0. The molecule has 2 atom stereocenters. The maximum absolute atomic E-state index is 12.4. The lowest BCUT2D eigenvalue weighted by molar-refractivity contribution is -0.150. The van der Waals surface area contributed by atoms with E-state index in [0.29, 0.717) is 31.1 Å². The van der Waals surface area contributed by atoms with Crippen molar-refractivity contribution in [1.82, 2.24) is 14.9 Å². The van der Waals surface area contributed by atoms with Gasteiger partial charge in [-0.15, -0.1) is 0 Å². The zero-order valence-electron chi connectivity index (χ0n) is 13.1. The quantitative estimate of drug-likeness (QED) is 0.902. The molecule has 1 amide bonds. The molecule has 0 aliphatic carbocycles. The number of carboxylic acid groups (broad SMARTS) is 1. The summed E-state index contributed by atoms with van der Waals surface area (Å²) in [6.45, 7) is 3.15. The minimum atomic E-state index is -0.876. The molecule has 0 spiro atoms. The smallest absolute Gasteiger partial charge is 0.332 e. The molecule has 1 N–H and O–H groups in total. The second-order valence-corrected chi connectivity index (χ2v) is 6.25. The average molecular weight is 319 g/mol. The van der Waals surface area contributed by atoms with E-state index in [1.165, 1.54) is 6.33 Å². The maximum atomic E-state index is 12.4. The summed E-state index contributed by atoms with van der Waals surface area (Å²) in [5, 5.41) is 9.00. The molecule has 1 aromatic rings. The van der Waals surface area contributed by atoms with Crippen LogP contribution < -0.4 is 0 Å². The van der Waals surface area contributed by atoms with E-state index in [0.717, 1.165) is 25.0 Å². The molecule has 0 bridgehead atoms. The highest BCUT2D eigenvalue weighted by Gasteiger charge is 2.37. The van der Waals surface area contributed by atoms with Crippen LogP contribution in [-0.2, 0) is 9.53 Å². The highest BCUT2D eigenvalue weighted by Crippen LogP contribution is 2.32. The van der Waals surface area contributed by atoms with Gasteiger partial charge in [-0.25, -0.2) is 14.8 Å². The van der Waals surface area contributed by atoms with Crippen LogP contribution >= 0.6 is 0 Å². The van der Waals surface area contributed by atoms with Gasteiger partial charge >= 0.3 is 5.97 Å². The van der Waals surface area contributed by atoms with Crippen molar-refractivity contribution in [2.45, 2.75) is 44.8 Å². The van der Waals surface area contributed by atoms with Gasteiger partial charge in [0.15, 0.2) is 6.10 Å². The summed E-state index contributed by atoms with van der Waals surface area (Å²) in [6.07, 6.45) is 3.81. The number of aromatic nitrogens is 2. The number of hydrogen-bond donors (Lipinski definition) is 1. The van der Waals surface area contributed by atoms with E-state index in [1.807, 2.05) is 11.8 Å². The standard InChI is InChI=1S/C16H21N3O4/c1-10-8-12(18-9-17-10)15(20)19-6-4-11(5-7-19)13-2-3-14(23-13)16(21)22/h8-9,11,13-14H,2-7H2,1H3,(H,21,22)/t13-,14+/m0/s1. The number of amides is 1. The van der Waals surface area contributed by atoms with Crippen molar-refractivity contribution in [3.05, 3.63) is 23.8 Å². The molecule has 2 fully saturated rings. The first-order valence-electron chi connectivity index (χ1n) is 8.01. The van der Waals surface area contributed by atoms with Gasteiger partial charge in [0.2, 0.25) is 0 Å². The molecule has 1 aromatic heterocycles. The Morgan fingerprint density at radius 2 is 1.96 bits per heavy atom. The number of carboxylic acids is 1. The fourth-order valence-corrected chi connectivity index (χ4v) is 3.40. The van der Waals surface area contributed by atoms with Crippen molar-refractivity contribution in [2.75, 3.05) is 13.1 Å². The van der Waals surface area contributed by atoms with Crippen molar-refractivity contribution in [2.24, 2.45) is 5.92 Å². The van der Waals surface area contributed by atoms with E-state index in [-0.39, 0.29) is 12.0 Å². The second-order valence-electron chi connectivity index (χ2n) is 6.25. The Bertz CT molecular complexity index is 599. The van der Waals surface area contributed by atoms with Crippen molar-refractivity contribution in [3.8, 4) is 0 Å². The summed E-state index contributed by atoms with van der Waals surface area (Å²) < 4.78 is 5.63. The number of aryl methyl sites for hydroxylation is 1. The fraction of sp³-hybridized carbons (Fsp3) is 0.625. The van der Waals surface area contributed by atoms with Gasteiger partial charge in [0.25, 0.3) is 5.91 Å². The number of aliphatic carboxylic acids is 1. The van der Waals surface area contributed by atoms with Gasteiger partial charge in [0.05, 0.1) is 6.10 Å². The molecule has 124 valence electrons. The van der Waals surface area contributed by atoms with E-state index >= 15 is 0 Å². The van der Waals surface area contributed by atoms with Gasteiger partial charge in [0.1, 0.15) is 12.0 Å². The number of nitrogens with zero attached hydrogens (tertiary/aromatic N) is 3. The third-order valence-electron chi connectivity index (χ3n) is 4.70. The molecule has 0 unspecified atom stereocenters. The van der Waals surface area contributed by atoms with Gasteiger partial charge < -0.3 is 14.7 Å². The lowest BCUT2D eigenvalue weighted by Gasteiger charge is -2.34. The highest BCUT2D eigenvalue weighted by molar-refractivity contribution is 5.92. The van der Waals surface area contributed by atoms with Gasteiger partial charge in [-0.3, -0.25) is 4.79 Å². The normalized spacial score (nSPS) is 25.5. The van der Waals surface area contributed by atoms with E-state index in [1.54, 1.807) is 6.07 Å². The van der Waals surface area contributed by atoms with Crippen LogP contribution in [0.25, 0.3) is 0 Å². The second kappa shape index (κ2) is 6.62. The summed E-state index contributed by atoms with van der Waals surface area (Å²) in [5.74, 6) is -0.612. The third-order valence-corrected chi connectivity index (χ3v) is 4.70. The van der Waals surface area contributed by atoms with Crippen LogP contribution in [0.15, 0.2) is 12.4 Å². The molecule has 2 saturated heterocycles. The molecule has 0 saturated carbocycles. The summed E-state index contributed by atoms with van der Waals surface area (Å²) >= 11 is 0. The van der Waals surface area contributed by atoms with Crippen LogP contribution in [0.4, 0.5) is 0 Å². The number of piperidine rings is 1. The first-order chi connectivity index (χ1) is 11.0. The molecule has 7 heteroatoms. The largest absolute Gasteiger partial charge is 0.479 e. The van der Waals surface area contributed by atoms with E-state index in [4.69, 9.17) is 9.84 Å². The molecule has 2 aliphatic rings. The minimum Gasteiger partial charge on any atom is -0.479 e. The molecule has 2 aliphatic heterocycles. The lowest BCUT2D eigenvalue weighted by atomic mass is 9.89. The third kappa shape index (κ3) is 3.50. The van der Waals surface area contributed by atoms with Crippen molar-refractivity contribution in [1.29, 1.82) is 0 Å². The van der Waals surface area contributed by atoms with Crippen LogP contribution in [0, 0.1) is 12.8 Å². The molecule has 23 heavy (non-hydrogen) atoms. The Kier molecular flexibility index (Phi) is 4.56. The van der Waals surface area contributed by atoms with Gasteiger partial charge in [-0.1, -0.05) is 0 Å². The first-order valence-corrected chi connectivity index (χ1v) is 8.01. The number of hydrogen-bond acceptors (Lipinski definition) is 5. The number of likely N-dealkylation sites (tertiary alicyclic amines) is 1. The predicted molar refractivity (Wildman–Crippen MR) is 80.9 cm³/mol. The number of ether oxygens (including phenoxy) is 1. The van der Waals surface area contributed by atoms with Crippen LogP contribution in [-0.4, -0.2) is 57.1 Å². The molecule has 7 nitrogen and oxygen atoms in total. The highest BCUT2D eigenvalue weighted by atomic mass is 16.5. The van der Waals surface area contributed by atoms with Crippen LogP contribution in [0.2, 0.25) is 0 Å². The number of carbonyl (C=O) groups is 2. The SMILES string of the molecule is Cc1cc(C(=O)N2CCC([C@@H]3CC[C@H](C(=O)O)O3)CC2)ncn1. The first kappa shape index (κ1) is 15.9. The Balaban J connectivity index is 1.54. The molecular weight excluding hydrogens is 298 g/mol. The molecule has 0 aromatic carbocycles. The zero-order valence-corrected chi connectivity index (χ0v) is 13.1. The maximum Gasteiger partial charge on any atom is 0.332 e. The summed E-state index contributed by atoms with van der Waals surface area (Å²) in [4.78, 5) is 33.3. The van der Waals surface area contributed by atoms with Crippen molar-refractivity contribution in [3.63, 3.8) is 0 Å². The zero-order chi connectivity index (χ0) is 16.4. The van der Waals surface area contributed by atoms with E-state index < -0.39 is 12.1 Å². The van der Waals surface area contributed by atoms with Gasteiger partial charge in [-0.05, 0) is 44.6 Å². The van der Waals surface area contributed by atoms with Gasteiger partial charge in [0, 0.05) is 18.8 Å². The minimum absolute atomic E-state index is 0.00893. The van der Waals surface area contributed by atoms with E-state index in [9.17, 15) is 9.59 Å². The molecule has 3 rings (SSSR count). The van der Waals surface area contributed by atoms with Crippen LogP contribution in [0.5, 0.6) is 0 Å². The Labute approximate surface area is 134 Å². The Hall–Kier alpha value is -2.02.